The molecule has 2 aromatic heterocycles. The normalized spacial score (nSPS) is 18.1. The molecule has 4 rings (SSSR count). The molecule has 2 aliphatic heterocycles. The van der Waals surface area contributed by atoms with Crippen molar-refractivity contribution in [3.05, 3.63) is 5.69 Å². The van der Waals surface area contributed by atoms with Gasteiger partial charge in [0.05, 0.1) is 5.39 Å². The lowest BCUT2D eigenvalue weighted by atomic mass is 10.2. The van der Waals surface area contributed by atoms with Crippen molar-refractivity contribution in [1.82, 2.24) is 24.5 Å². The molecular weight excluding hydrogens is 425 g/mol. The number of halogens is 1. The van der Waals surface area contributed by atoms with Crippen molar-refractivity contribution in [3.8, 4) is 0 Å². The number of aryl methyl sites for hydroxylation is 1. The van der Waals surface area contributed by atoms with E-state index < -0.39 is 0 Å². The lowest BCUT2D eigenvalue weighted by molar-refractivity contribution is 0.430. The van der Waals surface area contributed by atoms with Crippen LogP contribution < -0.4 is 10.2 Å². The second kappa shape index (κ2) is 7.84. The number of nitrogens with zero attached hydrogens (tertiary/aromatic N) is 5. The molecule has 0 aliphatic carbocycles. The van der Waals surface area contributed by atoms with Crippen molar-refractivity contribution in [1.29, 1.82) is 0 Å². The SMILES string of the molecule is CC.ISN1CCN(c2nc3c4c([nH]nc4n2)CCCN3)CC1. The van der Waals surface area contributed by atoms with E-state index >= 15 is 0 Å². The molecule has 2 aliphatic rings. The molecule has 2 N–H and O–H groups in total. The molecule has 0 radical (unpaired) electrons. The van der Waals surface area contributed by atoms with Gasteiger partial charge in [-0.25, -0.2) is 4.31 Å². The zero-order valence-electron chi connectivity index (χ0n) is 13.5. The fraction of sp³-hybridized carbons (Fsp3) is 0.643. The van der Waals surface area contributed by atoms with Gasteiger partial charge in [0.2, 0.25) is 5.95 Å². The summed E-state index contributed by atoms with van der Waals surface area (Å²) in [5.74, 6) is 1.73. The van der Waals surface area contributed by atoms with Crippen LogP contribution in [0, 0.1) is 0 Å². The number of piperazine rings is 1. The molecule has 23 heavy (non-hydrogen) atoms. The van der Waals surface area contributed by atoms with Crippen LogP contribution in [0.15, 0.2) is 0 Å². The number of hydrogen-bond donors (Lipinski definition) is 2. The van der Waals surface area contributed by atoms with E-state index in [1.165, 1.54) is 0 Å². The maximum absolute atomic E-state index is 4.75. The molecule has 4 heterocycles. The highest BCUT2D eigenvalue weighted by Crippen LogP contribution is 2.29. The molecule has 0 saturated carbocycles. The standard InChI is InChI=1S/C12H16IN7S.C2H6/c13-21-20-6-4-19(5-7-20)12-15-10-9-8(2-1-3-14-10)17-18-11(9)16-12;1-2/h1-7H2,(H2,14,15,16,17,18);1-2H3. The second-order valence-electron chi connectivity index (χ2n) is 5.29. The second-order valence-corrected chi connectivity index (χ2v) is 7.12. The minimum atomic E-state index is 0.782. The predicted octanol–water partition coefficient (Wildman–Crippen LogP) is 2.86. The van der Waals surface area contributed by atoms with Crippen LogP contribution in [0.2, 0.25) is 0 Å². The first kappa shape index (κ1) is 17.0. The number of nitrogens with one attached hydrogen (secondary N) is 2. The Balaban J connectivity index is 0.000000753. The van der Waals surface area contributed by atoms with Crippen LogP contribution >= 0.6 is 30.3 Å². The van der Waals surface area contributed by atoms with Gasteiger partial charge in [-0.15, -0.1) is 0 Å². The van der Waals surface area contributed by atoms with Crippen molar-refractivity contribution < 1.29 is 0 Å². The summed E-state index contributed by atoms with van der Waals surface area (Å²) in [6.07, 6.45) is 2.10. The van der Waals surface area contributed by atoms with Crippen molar-refractivity contribution in [3.63, 3.8) is 0 Å². The third kappa shape index (κ3) is 3.50. The smallest absolute Gasteiger partial charge is 0.229 e. The van der Waals surface area contributed by atoms with Crippen LogP contribution in [0.3, 0.4) is 0 Å². The maximum Gasteiger partial charge on any atom is 0.229 e. The van der Waals surface area contributed by atoms with Gasteiger partial charge in [0, 0.05) is 59.6 Å². The highest BCUT2D eigenvalue weighted by atomic mass is 127. The molecule has 2 aromatic rings. The Morgan fingerprint density at radius 3 is 2.65 bits per heavy atom. The molecular formula is C14H22IN7S. The summed E-state index contributed by atoms with van der Waals surface area (Å²) >= 11 is 2.33. The van der Waals surface area contributed by atoms with Gasteiger partial charge >= 0.3 is 0 Å². The molecule has 1 saturated heterocycles. The molecule has 7 nitrogen and oxygen atoms in total. The Morgan fingerprint density at radius 2 is 1.91 bits per heavy atom. The molecule has 126 valence electrons. The minimum absolute atomic E-state index is 0.782. The number of rotatable bonds is 2. The monoisotopic (exact) mass is 447 g/mol. The first-order valence-electron chi connectivity index (χ1n) is 8.12. The van der Waals surface area contributed by atoms with Crippen molar-refractivity contribution >= 4 is 53.1 Å². The van der Waals surface area contributed by atoms with E-state index in [9.17, 15) is 0 Å². The first-order chi connectivity index (χ1) is 11.3. The summed E-state index contributed by atoms with van der Waals surface area (Å²) in [4.78, 5) is 11.7. The number of H-pyrrole nitrogens is 1. The summed E-state index contributed by atoms with van der Waals surface area (Å²) in [5, 5.41) is 12.0. The summed E-state index contributed by atoms with van der Waals surface area (Å²) in [7, 11) is 1.77. The van der Waals surface area contributed by atoms with E-state index in [4.69, 9.17) is 4.98 Å². The zero-order valence-corrected chi connectivity index (χ0v) is 16.4. The average Bonchev–Trinajstić information content (AvgIpc) is 2.91. The van der Waals surface area contributed by atoms with E-state index in [2.05, 4.69) is 50.9 Å². The summed E-state index contributed by atoms with van der Waals surface area (Å²) < 4.78 is 2.36. The molecule has 0 atom stereocenters. The van der Waals surface area contributed by atoms with Crippen LogP contribution in [0.5, 0.6) is 0 Å². The van der Waals surface area contributed by atoms with Crippen LogP contribution in [-0.2, 0) is 6.42 Å². The quantitative estimate of drug-likeness (QED) is 0.542. The van der Waals surface area contributed by atoms with Crippen LogP contribution in [0.25, 0.3) is 11.0 Å². The van der Waals surface area contributed by atoms with Gasteiger partial charge in [-0.05, 0) is 22.0 Å². The Morgan fingerprint density at radius 1 is 1.13 bits per heavy atom. The van der Waals surface area contributed by atoms with E-state index in [-0.39, 0.29) is 0 Å². The van der Waals surface area contributed by atoms with Crippen molar-refractivity contribution in [2.75, 3.05) is 42.9 Å². The van der Waals surface area contributed by atoms with E-state index in [0.717, 1.165) is 74.1 Å². The lowest BCUT2D eigenvalue weighted by Gasteiger charge is -2.32. The fourth-order valence-electron chi connectivity index (χ4n) is 2.85. The minimum Gasteiger partial charge on any atom is -0.369 e. The maximum atomic E-state index is 4.75. The van der Waals surface area contributed by atoms with Gasteiger partial charge in [0.15, 0.2) is 5.65 Å². The number of aromatic nitrogens is 4. The Labute approximate surface area is 152 Å². The molecule has 0 bridgehead atoms. The summed E-state index contributed by atoms with van der Waals surface area (Å²) in [6.45, 7) is 8.93. The molecule has 0 amide bonds. The van der Waals surface area contributed by atoms with Crippen LogP contribution in [-0.4, -0.2) is 57.2 Å². The van der Waals surface area contributed by atoms with Gasteiger partial charge in [0.1, 0.15) is 5.82 Å². The molecule has 0 unspecified atom stereocenters. The Kier molecular flexibility index (Phi) is 5.81. The topological polar surface area (TPSA) is 73.0 Å². The van der Waals surface area contributed by atoms with Gasteiger partial charge in [-0.3, -0.25) is 5.10 Å². The third-order valence-electron chi connectivity index (χ3n) is 3.99. The molecule has 0 aromatic carbocycles. The average molecular weight is 447 g/mol. The largest absolute Gasteiger partial charge is 0.369 e. The van der Waals surface area contributed by atoms with Gasteiger partial charge < -0.3 is 10.2 Å². The number of hydrogen-bond acceptors (Lipinski definition) is 7. The third-order valence-corrected chi connectivity index (χ3v) is 6.22. The lowest BCUT2D eigenvalue weighted by Crippen LogP contribution is -2.43. The van der Waals surface area contributed by atoms with Crippen LogP contribution in [0.1, 0.15) is 26.0 Å². The summed E-state index contributed by atoms with van der Waals surface area (Å²) in [5.41, 5.74) is 1.94. The molecule has 0 spiro atoms. The van der Waals surface area contributed by atoms with E-state index in [1.807, 2.05) is 13.8 Å². The van der Waals surface area contributed by atoms with Gasteiger partial charge in [0.25, 0.3) is 0 Å². The van der Waals surface area contributed by atoms with Crippen LogP contribution in [0.4, 0.5) is 11.8 Å². The van der Waals surface area contributed by atoms with E-state index in [0.29, 0.717) is 0 Å². The molecule has 1 fully saturated rings. The van der Waals surface area contributed by atoms with Gasteiger partial charge in [-0.2, -0.15) is 15.1 Å². The number of anilines is 2. The molecule has 9 heteroatoms. The Hall–Kier alpha value is -0.810. The fourth-order valence-corrected chi connectivity index (χ4v) is 4.33. The van der Waals surface area contributed by atoms with Gasteiger partial charge in [-0.1, -0.05) is 13.8 Å². The Bertz CT molecular complexity index is 654. The predicted molar refractivity (Wildman–Crippen MR) is 105 cm³/mol. The highest BCUT2D eigenvalue weighted by molar-refractivity contribution is 14.2. The first-order valence-corrected chi connectivity index (χ1v) is 11.4. The number of aromatic amines is 1. The summed E-state index contributed by atoms with van der Waals surface area (Å²) in [6, 6.07) is 0. The van der Waals surface area contributed by atoms with E-state index in [1.54, 1.807) is 9.12 Å². The highest BCUT2D eigenvalue weighted by Gasteiger charge is 2.23. The zero-order chi connectivity index (χ0) is 16.2. The van der Waals surface area contributed by atoms with Crippen molar-refractivity contribution in [2.24, 2.45) is 0 Å². The van der Waals surface area contributed by atoms with Crippen molar-refractivity contribution in [2.45, 2.75) is 26.7 Å².